The highest BCUT2D eigenvalue weighted by Crippen LogP contribution is 2.26. The Morgan fingerprint density at radius 3 is 2.18 bits per heavy atom. The fraction of sp³-hybridized carbons (Fsp3) is 0.310. The summed E-state index contributed by atoms with van der Waals surface area (Å²) in [5.74, 6) is -0.349. The van der Waals surface area contributed by atoms with Crippen LogP contribution >= 0.6 is 15.9 Å². The molecule has 1 N–H and O–H groups in total. The van der Waals surface area contributed by atoms with Crippen molar-refractivity contribution < 1.29 is 22.7 Å². The van der Waals surface area contributed by atoms with Crippen molar-refractivity contribution in [1.29, 1.82) is 0 Å². The SMILES string of the molecule is COc1ccc(S(=O)(=O)N(CC(=O)N(Cc2cccc(Br)c2)[C@@H](C)C(=O)NC(C)(C)C)c2ccccc2)cc1. The van der Waals surface area contributed by atoms with Gasteiger partial charge in [-0.05, 0) is 81.8 Å². The largest absolute Gasteiger partial charge is 0.497 e. The molecule has 10 heteroatoms. The molecule has 0 fully saturated rings. The van der Waals surface area contributed by atoms with Crippen LogP contribution in [0.3, 0.4) is 0 Å². The Hall–Kier alpha value is -3.37. The first-order valence-electron chi connectivity index (χ1n) is 12.4. The minimum atomic E-state index is -4.14. The zero-order valence-corrected chi connectivity index (χ0v) is 25.1. The van der Waals surface area contributed by atoms with Crippen LogP contribution in [0.1, 0.15) is 33.3 Å². The van der Waals surface area contributed by atoms with Gasteiger partial charge in [0.05, 0.1) is 17.7 Å². The molecule has 0 aliphatic heterocycles. The van der Waals surface area contributed by atoms with Crippen LogP contribution in [0.15, 0.2) is 88.2 Å². The van der Waals surface area contributed by atoms with Gasteiger partial charge in [0.2, 0.25) is 11.8 Å². The van der Waals surface area contributed by atoms with Crippen molar-refractivity contribution in [3.63, 3.8) is 0 Å². The molecule has 2 amide bonds. The van der Waals surface area contributed by atoms with E-state index in [2.05, 4.69) is 21.2 Å². The summed E-state index contributed by atoms with van der Waals surface area (Å²) < 4.78 is 34.7. The molecular weight excluding hydrogens is 582 g/mol. The molecule has 3 aromatic carbocycles. The van der Waals surface area contributed by atoms with Gasteiger partial charge in [0.1, 0.15) is 18.3 Å². The van der Waals surface area contributed by atoms with Gasteiger partial charge in [0.15, 0.2) is 0 Å². The van der Waals surface area contributed by atoms with Crippen molar-refractivity contribution in [2.45, 2.75) is 50.7 Å². The lowest BCUT2D eigenvalue weighted by Gasteiger charge is -2.33. The normalized spacial score (nSPS) is 12.4. The lowest BCUT2D eigenvalue weighted by atomic mass is 10.1. The lowest BCUT2D eigenvalue weighted by molar-refractivity contribution is -0.140. The first-order valence-corrected chi connectivity index (χ1v) is 14.6. The minimum Gasteiger partial charge on any atom is -0.497 e. The van der Waals surface area contributed by atoms with E-state index in [1.54, 1.807) is 49.4 Å². The van der Waals surface area contributed by atoms with E-state index in [1.165, 1.54) is 24.1 Å². The number of para-hydroxylation sites is 1. The number of amides is 2. The Labute approximate surface area is 239 Å². The van der Waals surface area contributed by atoms with Gasteiger partial charge in [-0.2, -0.15) is 0 Å². The van der Waals surface area contributed by atoms with E-state index in [-0.39, 0.29) is 17.3 Å². The summed E-state index contributed by atoms with van der Waals surface area (Å²) in [6.07, 6.45) is 0. The second-order valence-corrected chi connectivity index (χ2v) is 12.9. The Morgan fingerprint density at radius 2 is 1.62 bits per heavy atom. The monoisotopic (exact) mass is 615 g/mol. The average molecular weight is 617 g/mol. The highest BCUT2D eigenvalue weighted by molar-refractivity contribution is 9.10. The lowest BCUT2D eigenvalue weighted by Crippen LogP contribution is -2.54. The number of nitrogens with one attached hydrogen (secondary N) is 1. The van der Waals surface area contributed by atoms with Crippen LogP contribution in [0, 0.1) is 0 Å². The number of hydrogen-bond acceptors (Lipinski definition) is 5. The summed E-state index contributed by atoms with van der Waals surface area (Å²) in [4.78, 5) is 28.5. The van der Waals surface area contributed by atoms with Crippen LogP contribution in [0.5, 0.6) is 5.75 Å². The molecule has 39 heavy (non-hydrogen) atoms. The maximum absolute atomic E-state index is 13.9. The van der Waals surface area contributed by atoms with Gasteiger partial charge in [-0.25, -0.2) is 8.42 Å². The van der Waals surface area contributed by atoms with Crippen LogP contribution in [0.4, 0.5) is 5.69 Å². The van der Waals surface area contributed by atoms with E-state index >= 15 is 0 Å². The Morgan fingerprint density at radius 1 is 0.974 bits per heavy atom. The highest BCUT2D eigenvalue weighted by Gasteiger charge is 2.33. The molecule has 0 bridgehead atoms. The van der Waals surface area contributed by atoms with Gasteiger partial charge in [-0.15, -0.1) is 0 Å². The van der Waals surface area contributed by atoms with Crippen LogP contribution in [0.2, 0.25) is 0 Å². The van der Waals surface area contributed by atoms with Gasteiger partial charge in [0.25, 0.3) is 10.0 Å². The number of ether oxygens (including phenoxy) is 1. The van der Waals surface area contributed by atoms with Crippen LogP contribution < -0.4 is 14.4 Å². The molecule has 3 rings (SSSR count). The standard InChI is InChI=1S/C29H34BrN3O5S/c1-21(28(35)31-29(2,3)4)32(19-22-10-9-11-23(30)18-22)27(34)20-33(24-12-7-6-8-13-24)39(36,37)26-16-14-25(38-5)15-17-26/h6-18,21H,19-20H2,1-5H3,(H,31,35)/t21-/m0/s1. The first-order chi connectivity index (χ1) is 18.3. The third kappa shape index (κ3) is 8.06. The molecule has 8 nitrogen and oxygen atoms in total. The van der Waals surface area contributed by atoms with Crippen molar-refractivity contribution in [2.24, 2.45) is 0 Å². The van der Waals surface area contributed by atoms with E-state index in [0.717, 1.165) is 14.3 Å². The number of anilines is 1. The zero-order valence-electron chi connectivity index (χ0n) is 22.7. The topological polar surface area (TPSA) is 96.0 Å². The molecule has 1 atom stereocenters. The highest BCUT2D eigenvalue weighted by atomic mass is 79.9. The van der Waals surface area contributed by atoms with Gasteiger partial charge in [-0.1, -0.05) is 46.3 Å². The van der Waals surface area contributed by atoms with E-state index in [1.807, 2.05) is 45.0 Å². The maximum Gasteiger partial charge on any atom is 0.264 e. The van der Waals surface area contributed by atoms with Crippen LogP contribution in [0.25, 0.3) is 0 Å². The second-order valence-electron chi connectivity index (χ2n) is 10.1. The number of carbonyl (C=O) groups is 2. The molecular formula is C29H34BrN3O5S. The summed E-state index contributed by atoms with van der Waals surface area (Å²) in [7, 11) is -2.64. The third-order valence-electron chi connectivity index (χ3n) is 5.88. The van der Waals surface area contributed by atoms with Gasteiger partial charge in [0, 0.05) is 16.6 Å². The molecule has 0 spiro atoms. The molecule has 0 saturated carbocycles. The number of methoxy groups -OCH3 is 1. The Balaban J connectivity index is 2.01. The maximum atomic E-state index is 13.9. The summed E-state index contributed by atoms with van der Waals surface area (Å²) in [6, 6.07) is 21.0. The van der Waals surface area contributed by atoms with Gasteiger partial charge >= 0.3 is 0 Å². The van der Waals surface area contributed by atoms with E-state index < -0.39 is 34.1 Å². The molecule has 0 aromatic heterocycles. The smallest absolute Gasteiger partial charge is 0.264 e. The number of halogens is 1. The third-order valence-corrected chi connectivity index (χ3v) is 8.16. The summed E-state index contributed by atoms with van der Waals surface area (Å²) in [5, 5.41) is 2.92. The number of sulfonamides is 1. The Bertz CT molecular complexity index is 1390. The number of hydrogen-bond donors (Lipinski definition) is 1. The molecule has 0 radical (unpaired) electrons. The van der Waals surface area contributed by atoms with Crippen molar-refractivity contribution in [3.05, 3.63) is 88.9 Å². The number of rotatable bonds is 10. The number of nitrogens with zero attached hydrogens (tertiary/aromatic N) is 2. The van der Waals surface area contributed by atoms with Crippen molar-refractivity contribution >= 4 is 43.5 Å². The fourth-order valence-corrected chi connectivity index (χ4v) is 5.75. The van der Waals surface area contributed by atoms with Crippen LogP contribution in [-0.4, -0.2) is 50.4 Å². The first kappa shape index (κ1) is 30.2. The molecule has 0 heterocycles. The van der Waals surface area contributed by atoms with Crippen molar-refractivity contribution in [1.82, 2.24) is 10.2 Å². The average Bonchev–Trinajstić information content (AvgIpc) is 2.89. The van der Waals surface area contributed by atoms with Gasteiger partial charge < -0.3 is 15.0 Å². The number of carbonyl (C=O) groups excluding carboxylic acids is 2. The zero-order chi connectivity index (χ0) is 28.8. The van der Waals surface area contributed by atoms with E-state index in [9.17, 15) is 18.0 Å². The molecule has 3 aromatic rings. The molecule has 0 aliphatic carbocycles. The predicted molar refractivity (Wildman–Crippen MR) is 156 cm³/mol. The fourth-order valence-electron chi connectivity index (χ4n) is 3.89. The molecule has 0 saturated heterocycles. The summed E-state index contributed by atoms with van der Waals surface area (Å²) >= 11 is 3.45. The number of benzene rings is 3. The van der Waals surface area contributed by atoms with Crippen molar-refractivity contribution in [2.75, 3.05) is 18.0 Å². The van der Waals surface area contributed by atoms with E-state index in [4.69, 9.17) is 4.74 Å². The quantitative estimate of drug-likeness (QED) is 0.347. The second kappa shape index (κ2) is 12.7. The molecule has 0 unspecified atom stereocenters. The summed E-state index contributed by atoms with van der Waals surface area (Å²) in [6.45, 7) is 6.83. The molecule has 0 aliphatic rings. The predicted octanol–water partition coefficient (Wildman–Crippen LogP) is 4.99. The Kier molecular flexibility index (Phi) is 9.79. The molecule has 208 valence electrons. The minimum absolute atomic E-state index is 0.0111. The van der Waals surface area contributed by atoms with Gasteiger partial charge in [-0.3, -0.25) is 13.9 Å². The van der Waals surface area contributed by atoms with Crippen molar-refractivity contribution in [3.8, 4) is 5.75 Å². The van der Waals surface area contributed by atoms with Crippen LogP contribution in [-0.2, 0) is 26.2 Å². The van der Waals surface area contributed by atoms with E-state index in [0.29, 0.717) is 11.4 Å². The summed E-state index contributed by atoms with van der Waals surface area (Å²) in [5.41, 5.74) is 0.608.